The first kappa shape index (κ1) is 20.3. The lowest BCUT2D eigenvalue weighted by molar-refractivity contribution is 0.510. The van der Waals surface area contributed by atoms with Gasteiger partial charge in [-0.2, -0.15) is 13.4 Å². The first-order valence-corrected chi connectivity index (χ1v) is 11.4. The minimum absolute atomic E-state index is 0.104. The number of hydrogen-bond acceptors (Lipinski definition) is 3. The van der Waals surface area contributed by atoms with Crippen LogP contribution in [0.1, 0.15) is 38.7 Å². The molecule has 1 atom stereocenters. The van der Waals surface area contributed by atoms with Gasteiger partial charge < -0.3 is 0 Å². The Bertz CT molecular complexity index is 989. The highest BCUT2D eigenvalue weighted by Gasteiger charge is 2.52. The van der Waals surface area contributed by atoms with Crippen LogP contribution in [0.5, 0.6) is 0 Å². The molecule has 4 nitrogen and oxygen atoms in total. The van der Waals surface area contributed by atoms with E-state index < -0.39 is 10.0 Å². The number of quaternary nitrogens is 1. The smallest absolute Gasteiger partial charge is 0.193 e. The van der Waals surface area contributed by atoms with E-state index in [-0.39, 0.29) is 16.2 Å². The van der Waals surface area contributed by atoms with E-state index >= 15 is 0 Å². The second-order valence-electron chi connectivity index (χ2n) is 6.77. The molecule has 1 heterocycles. The summed E-state index contributed by atoms with van der Waals surface area (Å²) in [7, 11) is -3.57. The number of rotatable bonds is 7. The number of unbranched alkanes of at least 4 members (excludes halogenated alkanes) is 2. The van der Waals surface area contributed by atoms with E-state index in [4.69, 9.17) is 23.2 Å². The second kappa shape index (κ2) is 7.92. The van der Waals surface area contributed by atoms with Crippen LogP contribution in [0.25, 0.3) is 0 Å². The molecule has 0 aromatic heterocycles. The number of nitrogens with zero attached hydrogens (tertiary/aromatic N) is 2. The van der Waals surface area contributed by atoms with Gasteiger partial charge in [0.1, 0.15) is 18.0 Å². The summed E-state index contributed by atoms with van der Waals surface area (Å²) in [5.74, 6) is 0.645. The lowest BCUT2D eigenvalue weighted by Crippen LogP contribution is -2.56. The van der Waals surface area contributed by atoms with Crippen molar-refractivity contribution >= 4 is 50.4 Å². The Kier molecular flexibility index (Phi) is 5.96. The predicted octanol–water partition coefficient (Wildman–Crippen LogP) is 6.08. The van der Waals surface area contributed by atoms with Crippen LogP contribution < -0.4 is 3.89 Å². The van der Waals surface area contributed by atoms with Gasteiger partial charge in [-0.3, -0.25) is 0 Å². The van der Waals surface area contributed by atoms with Crippen molar-refractivity contribution in [2.75, 3.05) is 5.75 Å². The van der Waals surface area contributed by atoms with Crippen LogP contribution in [0.3, 0.4) is 0 Å². The average molecular weight is 426 g/mol. The average Bonchev–Trinajstić information content (AvgIpc) is 2.90. The predicted molar refractivity (Wildman–Crippen MR) is 114 cm³/mol. The molecule has 0 fully saturated rings. The quantitative estimate of drug-likeness (QED) is 0.398. The molecule has 7 heteroatoms. The van der Waals surface area contributed by atoms with Crippen molar-refractivity contribution in [2.45, 2.75) is 39.7 Å². The van der Waals surface area contributed by atoms with Crippen molar-refractivity contribution in [1.82, 2.24) is 3.89 Å². The molecule has 0 N–H and O–H groups in total. The van der Waals surface area contributed by atoms with Crippen LogP contribution in [-0.4, -0.2) is 20.0 Å². The van der Waals surface area contributed by atoms with Gasteiger partial charge in [0, 0.05) is 23.6 Å². The maximum atomic E-state index is 13.6. The Balaban J connectivity index is 2.15. The van der Waals surface area contributed by atoms with Crippen LogP contribution in [0, 0.1) is 0 Å². The van der Waals surface area contributed by atoms with E-state index in [1.54, 1.807) is 25.1 Å². The highest BCUT2D eigenvalue weighted by molar-refractivity contribution is 7.91. The summed E-state index contributed by atoms with van der Waals surface area (Å²) >= 11 is 12.4. The van der Waals surface area contributed by atoms with Gasteiger partial charge >= 0.3 is 10.0 Å². The lowest BCUT2D eigenvalue weighted by atomic mass is 10.2. The van der Waals surface area contributed by atoms with E-state index in [1.807, 2.05) is 24.3 Å². The molecule has 1 aliphatic heterocycles. The van der Waals surface area contributed by atoms with Crippen LogP contribution in [0.4, 0.5) is 11.4 Å². The molecular weight excluding hydrogens is 403 g/mol. The highest BCUT2D eigenvalue weighted by atomic mass is 35.5. The summed E-state index contributed by atoms with van der Waals surface area (Å²) in [6.45, 7) is 4.03. The van der Waals surface area contributed by atoms with Crippen molar-refractivity contribution < 1.29 is 8.42 Å². The molecule has 1 aliphatic rings. The zero-order valence-corrected chi connectivity index (χ0v) is 17.8. The van der Waals surface area contributed by atoms with E-state index in [0.717, 1.165) is 18.4 Å². The Morgan fingerprint density at radius 3 is 2.52 bits per heavy atom. The summed E-state index contributed by atoms with van der Waals surface area (Å²) in [5.41, 5.74) is 2.10. The monoisotopic (exact) mass is 425 g/mol. The molecule has 144 valence electrons. The third-order valence-electron chi connectivity index (χ3n) is 4.96. The molecule has 2 aromatic rings. The third kappa shape index (κ3) is 3.66. The zero-order valence-electron chi connectivity index (χ0n) is 15.5. The first-order chi connectivity index (χ1) is 12.8. The summed E-state index contributed by atoms with van der Waals surface area (Å²) < 4.78 is 26.9. The number of para-hydroxylation sites is 2. The minimum atomic E-state index is -3.57. The molecule has 0 amide bonds. The van der Waals surface area contributed by atoms with Crippen LogP contribution >= 0.6 is 23.2 Å². The fourth-order valence-corrected chi connectivity index (χ4v) is 6.10. The molecule has 0 radical (unpaired) electrons. The lowest BCUT2D eigenvalue weighted by Gasteiger charge is -2.33. The number of sulfonamides is 1. The number of halogens is 2. The van der Waals surface area contributed by atoms with Crippen molar-refractivity contribution in [1.29, 1.82) is 0 Å². The van der Waals surface area contributed by atoms with E-state index in [0.29, 0.717) is 33.7 Å². The van der Waals surface area contributed by atoms with Crippen molar-refractivity contribution in [3.05, 3.63) is 58.1 Å². The van der Waals surface area contributed by atoms with E-state index in [2.05, 4.69) is 11.9 Å². The van der Waals surface area contributed by atoms with Crippen LogP contribution in [0.2, 0.25) is 10.0 Å². The zero-order chi connectivity index (χ0) is 19.7. The maximum absolute atomic E-state index is 13.6. The molecule has 2 aromatic carbocycles. The van der Waals surface area contributed by atoms with Gasteiger partial charge in [-0.25, -0.2) is 0 Å². The SMILES string of the molecule is CCCCCS(=O)(=O)[N+]1(Cc2ccc(Cl)cc2Cl)C(C)=Nc2ccccc21. The van der Waals surface area contributed by atoms with E-state index in [1.165, 1.54) is 0 Å². The van der Waals surface area contributed by atoms with Crippen LogP contribution in [-0.2, 0) is 16.6 Å². The van der Waals surface area contributed by atoms with Gasteiger partial charge in [0.05, 0.1) is 5.02 Å². The molecule has 1 unspecified atom stereocenters. The summed E-state index contributed by atoms with van der Waals surface area (Å²) in [6, 6.07) is 12.6. The fourth-order valence-electron chi connectivity index (χ4n) is 3.52. The number of hydrogen-bond donors (Lipinski definition) is 0. The summed E-state index contributed by atoms with van der Waals surface area (Å²) in [5, 5.41) is 0.981. The fraction of sp³-hybridized carbons (Fsp3) is 0.350. The van der Waals surface area contributed by atoms with E-state index in [9.17, 15) is 8.42 Å². The van der Waals surface area contributed by atoms with Gasteiger partial charge in [0.25, 0.3) is 0 Å². The molecule has 0 bridgehead atoms. The number of aliphatic imine (C=N–C) groups is 1. The Morgan fingerprint density at radius 1 is 1.07 bits per heavy atom. The standard InChI is InChI=1S/C20H23Cl2N2O2S/c1-3-4-7-12-27(25,26)24(14-16-10-11-17(21)13-18(16)22)15(2)23-19-8-5-6-9-20(19)24/h5-6,8-11,13H,3-4,7,12,14H2,1-2H3/q+1. The Labute approximate surface area is 171 Å². The molecule has 3 rings (SSSR count). The Morgan fingerprint density at radius 2 is 1.81 bits per heavy atom. The molecule has 27 heavy (non-hydrogen) atoms. The van der Waals surface area contributed by atoms with Crippen molar-refractivity contribution in [3.63, 3.8) is 0 Å². The second-order valence-corrected chi connectivity index (χ2v) is 9.81. The summed E-state index contributed by atoms with van der Waals surface area (Å²) in [4.78, 5) is 4.58. The maximum Gasteiger partial charge on any atom is 0.307 e. The molecular formula is C20H23Cl2N2O2S+. The van der Waals surface area contributed by atoms with Crippen molar-refractivity contribution in [3.8, 4) is 0 Å². The molecule has 0 saturated carbocycles. The topological polar surface area (TPSA) is 46.5 Å². The summed E-state index contributed by atoms with van der Waals surface area (Å²) in [6.07, 6.45) is 2.46. The van der Waals surface area contributed by atoms with Crippen molar-refractivity contribution in [2.24, 2.45) is 4.99 Å². The molecule has 0 spiro atoms. The third-order valence-corrected chi connectivity index (χ3v) is 7.90. The highest BCUT2D eigenvalue weighted by Crippen LogP contribution is 2.45. The van der Waals surface area contributed by atoms with Gasteiger partial charge in [0.2, 0.25) is 5.84 Å². The largest absolute Gasteiger partial charge is 0.307 e. The number of amidine groups is 1. The molecule has 0 saturated heterocycles. The molecule has 0 aliphatic carbocycles. The Hall–Kier alpha value is -1.40. The van der Waals surface area contributed by atoms with Gasteiger partial charge in [-0.05, 0) is 24.6 Å². The normalized spacial score (nSPS) is 19.0. The van der Waals surface area contributed by atoms with Gasteiger partial charge in [0.15, 0.2) is 5.69 Å². The minimum Gasteiger partial charge on any atom is -0.193 e. The van der Waals surface area contributed by atoms with Gasteiger partial charge in [-0.15, -0.1) is 3.89 Å². The number of benzene rings is 2. The first-order valence-electron chi connectivity index (χ1n) is 9.02. The van der Waals surface area contributed by atoms with Gasteiger partial charge in [-0.1, -0.05) is 61.2 Å². The number of fused-ring (bicyclic) bond motifs is 1. The van der Waals surface area contributed by atoms with Crippen LogP contribution in [0.15, 0.2) is 47.5 Å².